The number of carbonyl (C=O) groups is 1. The van der Waals surface area contributed by atoms with Crippen LogP contribution in [-0.2, 0) is 21.9 Å². The highest BCUT2D eigenvalue weighted by Crippen LogP contribution is 2.38. The Morgan fingerprint density at radius 2 is 1.87 bits per heavy atom. The maximum atomic E-state index is 13.2. The standard InChI is InChI=1S/C22H30N4O4S/c1-17(27)25-10-8-18(9-11-25)21-13-26(31(28,29)22-14-24(2)16-23-22)12-19(21)15-30-20-6-4-3-5-7-20/h3-7,14,16,18-19,21H,8-13,15H2,1-2H3/t19-,21-/m0/s1. The molecule has 2 fully saturated rings. The third kappa shape index (κ3) is 4.77. The zero-order valence-corrected chi connectivity index (χ0v) is 18.9. The molecule has 9 heteroatoms. The SMILES string of the molecule is CC(=O)N1CCC([C@@H]2CN(S(=O)(=O)c3cn(C)cn3)C[C@H]2COc2ccccc2)CC1. The molecule has 0 N–H and O–H groups in total. The molecular formula is C22H30N4O4S. The summed E-state index contributed by atoms with van der Waals surface area (Å²) in [6.45, 7) is 4.42. The van der Waals surface area contributed by atoms with Gasteiger partial charge in [0.2, 0.25) is 5.91 Å². The van der Waals surface area contributed by atoms with Crippen LogP contribution in [0.1, 0.15) is 19.8 Å². The first-order chi connectivity index (χ1) is 14.8. The number of nitrogens with zero attached hydrogens (tertiary/aromatic N) is 4. The molecule has 0 bridgehead atoms. The number of aryl methyl sites for hydroxylation is 1. The van der Waals surface area contributed by atoms with Gasteiger partial charge < -0.3 is 14.2 Å². The lowest BCUT2D eigenvalue weighted by Gasteiger charge is -2.36. The number of sulfonamides is 1. The number of imidazole rings is 1. The molecule has 2 aromatic rings. The number of rotatable bonds is 6. The first-order valence-electron chi connectivity index (χ1n) is 10.8. The minimum absolute atomic E-state index is 0.0878. The van der Waals surface area contributed by atoms with E-state index in [1.165, 1.54) is 6.33 Å². The summed E-state index contributed by atoms with van der Waals surface area (Å²) in [6, 6.07) is 9.62. The number of carbonyl (C=O) groups excluding carboxylic acids is 1. The highest BCUT2D eigenvalue weighted by atomic mass is 32.2. The summed E-state index contributed by atoms with van der Waals surface area (Å²) in [5, 5.41) is 0.0878. The van der Waals surface area contributed by atoms with Crippen LogP contribution >= 0.6 is 0 Å². The van der Waals surface area contributed by atoms with E-state index >= 15 is 0 Å². The van der Waals surface area contributed by atoms with E-state index in [9.17, 15) is 13.2 Å². The number of benzene rings is 1. The maximum absolute atomic E-state index is 13.2. The number of para-hydroxylation sites is 1. The molecule has 2 aliphatic heterocycles. The Morgan fingerprint density at radius 1 is 1.16 bits per heavy atom. The predicted molar refractivity (Wildman–Crippen MR) is 116 cm³/mol. The zero-order valence-electron chi connectivity index (χ0n) is 18.1. The van der Waals surface area contributed by atoms with Gasteiger partial charge in [-0.25, -0.2) is 13.4 Å². The van der Waals surface area contributed by atoms with E-state index in [0.29, 0.717) is 25.6 Å². The number of hydrogen-bond acceptors (Lipinski definition) is 5. The van der Waals surface area contributed by atoms with Gasteiger partial charge in [-0.05, 0) is 36.8 Å². The lowest BCUT2D eigenvalue weighted by atomic mass is 9.79. The number of amides is 1. The number of aromatic nitrogens is 2. The summed E-state index contributed by atoms with van der Waals surface area (Å²) in [7, 11) is -1.89. The van der Waals surface area contributed by atoms with Gasteiger partial charge in [-0.15, -0.1) is 0 Å². The lowest BCUT2D eigenvalue weighted by molar-refractivity contribution is -0.130. The number of likely N-dealkylation sites (tertiary alicyclic amines) is 1. The van der Waals surface area contributed by atoms with Crippen molar-refractivity contribution in [3.63, 3.8) is 0 Å². The normalized spacial score (nSPS) is 23.2. The van der Waals surface area contributed by atoms with Crippen molar-refractivity contribution in [2.24, 2.45) is 24.8 Å². The van der Waals surface area contributed by atoms with Gasteiger partial charge in [-0.2, -0.15) is 4.31 Å². The summed E-state index contributed by atoms with van der Waals surface area (Å²) in [5.41, 5.74) is 0. The first-order valence-corrected chi connectivity index (χ1v) is 12.2. The van der Waals surface area contributed by atoms with Gasteiger partial charge in [0, 0.05) is 52.3 Å². The molecule has 0 unspecified atom stereocenters. The van der Waals surface area contributed by atoms with Crippen molar-refractivity contribution < 1.29 is 17.9 Å². The highest BCUT2D eigenvalue weighted by Gasteiger charge is 2.44. The fourth-order valence-electron chi connectivity index (χ4n) is 4.78. The molecule has 0 aliphatic carbocycles. The second-order valence-corrected chi connectivity index (χ2v) is 10.5. The monoisotopic (exact) mass is 446 g/mol. The molecule has 2 saturated heterocycles. The number of piperidine rings is 1. The Kier molecular flexibility index (Phi) is 6.34. The minimum atomic E-state index is -3.65. The van der Waals surface area contributed by atoms with E-state index in [-0.39, 0.29) is 22.8 Å². The zero-order chi connectivity index (χ0) is 22.0. The molecule has 0 spiro atoms. The van der Waals surface area contributed by atoms with Crippen molar-refractivity contribution in [2.45, 2.75) is 24.8 Å². The Balaban J connectivity index is 1.51. The molecule has 2 atom stereocenters. The summed E-state index contributed by atoms with van der Waals surface area (Å²) in [4.78, 5) is 17.7. The van der Waals surface area contributed by atoms with Crippen LogP contribution in [0, 0.1) is 17.8 Å². The van der Waals surface area contributed by atoms with Crippen molar-refractivity contribution in [3.8, 4) is 5.75 Å². The van der Waals surface area contributed by atoms with E-state index in [1.807, 2.05) is 35.2 Å². The van der Waals surface area contributed by atoms with Crippen LogP contribution in [0.4, 0.5) is 0 Å². The molecule has 0 radical (unpaired) electrons. The van der Waals surface area contributed by atoms with Crippen LogP contribution in [0.25, 0.3) is 0 Å². The quantitative estimate of drug-likeness (QED) is 0.678. The second kappa shape index (κ2) is 9.00. The Hall–Kier alpha value is -2.39. The van der Waals surface area contributed by atoms with Crippen molar-refractivity contribution in [2.75, 3.05) is 32.8 Å². The molecule has 31 heavy (non-hydrogen) atoms. The molecule has 0 saturated carbocycles. The molecular weight excluding hydrogens is 416 g/mol. The molecule has 3 heterocycles. The van der Waals surface area contributed by atoms with Gasteiger partial charge in [0.15, 0.2) is 5.03 Å². The molecule has 2 aliphatic rings. The van der Waals surface area contributed by atoms with Crippen molar-refractivity contribution in [1.82, 2.24) is 18.8 Å². The molecule has 1 aromatic carbocycles. The smallest absolute Gasteiger partial charge is 0.262 e. The van der Waals surface area contributed by atoms with E-state index < -0.39 is 10.0 Å². The van der Waals surface area contributed by atoms with Gasteiger partial charge in [0.05, 0.1) is 12.9 Å². The summed E-state index contributed by atoms with van der Waals surface area (Å²) in [5.74, 6) is 1.54. The molecule has 8 nitrogen and oxygen atoms in total. The average Bonchev–Trinajstić information content (AvgIpc) is 3.40. The van der Waals surface area contributed by atoms with Gasteiger partial charge >= 0.3 is 0 Å². The van der Waals surface area contributed by atoms with Crippen LogP contribution in [0.5, 0.6) is 5.75 Å². The van der Waals surface area contributed by atoms with Gasteiger partial charge in [0.25, 0.3) is 10.0 Å². The third-order valence-corrected chi connectivity index (χ3v) is 8.26. The topological polar surface area (TPSA) is 84.7 Å². The van der Waals surface area contributed by atoms with Crippen LogP contribution in [-0.4, -0.2) is 65.9 Å². The third-order valence-electron chi connectivity index (χ3n) is 6.54. The van der Waals surface area contributed by atoms with Gasteiger partial charge in [-0.3, -0.25) is 4.79 Å². The lowest BCUT2D eigenvalue weighted by Crippen LogP contribution is -2.40. The first kappa shape index (κ1) is 21.8. The highest BCUT2D eigenvalue weighted by molar-refractivity contribution is 7.89. The largest absolute Gasteiger partial charge is 0.493 e. The van der Waals surface area contributed by atoms with E-state index in [1.54, 1.807) is 29.0 Å². The fourth-order valence-corrected chi connectivity index (χ4v) is 6.28. The van der Waals surface area contributed by atoms with E-state index in [0.717, 1.165) is 31.7 Å². The second-order valence-electron chi connectivity index (χ2n) is 8.59. The summed E-state index contributed by atoms with van der Waals surface area (Å²) in [6.07, 6.45) is 4.84. The van der Waals surface area contributed by atoms with Gasteiger partial charge in [-0.1, -0.05) is 18.2 Å². The van der Waals surface area contributed by atoms with Crippen LogP contribution in [0.15, 0.2) is 47.9 Å². The minimum Gasteiger partial charge on any atom is -0.493 e. The summed E-state index contributed by atoms with van der Waals surface area (Å²) < 4.78 is 35.6. The van der Waals surface area contributed by atoms with Crippen molar-refractivity contribution in [1.29, 1.82) is 0 Å². The Morgan fingerprint density at radius 3 is 2.48 bits per heavy atom. The molecule has 4 rings (SSSR count). The Labute approximate surface area is 183 Å². The van der Waals surface area contributed by atoms with Crippen LogP contribution in [0.3, 0.4) is 0 Å². The molecule has 1 amide bonds. The summed E-state index contributed by atoms with van der Waals surface area (Å²) >= 11 is 0. The molecule has 1 aromatic heterocycles. The predicted octanol–water partition coefficient (Wildman–Crippen LogP) is 1.99. The fraction of sp³-hybridized carbons (Fsp3) is 0.545. The number of hydrogen-bond donors (Lipinski definition) is 0. The van der Waals surface area contributed by atoms with E-state index in [2.05, 4.69) is 4.98 Å². The van der Waals surface area contributed by atoms with Gasteiger partial charge in [0.1, 0.15) is 5.75 Å². The van der Waals surface area contributed by atoms with Crippen LogP contribution < -0.4 is 4.74 Å². The molecule has 168 valence electrons. The van der Waals surface area contributed by atoms with Crippen molar-refractivity contribution >= 4 is 15.9 Å². The Bertz CT molecular complexity index is 1000. The average molecular weight is 447 g/mol. The maximum Gasteiger partial charge on any atom is 0.262 e. The number of ether oxygens (including phenoxy) is 1. The van der Waals surface area contributed by atoms with Crippen molar-refractivity contribution in [3.05, 3.63) is 42.9 Å². The van der Waals surface area contributed by atoms with Crippen LogP contribution in [0.2, 0.25) is 0 Å². The van der Waals surface area contributed by atoms with E-state index in [4.69, 9.17) is 4.74 Å².